The molecule has 2 heterocycles. The van der Waals surface area contributed by atoms with E-state index >= 15 is 0 Å². The van der Waals surface area contributed by atoms with Crippen LogP contribution in [0.4, 0.5) is 0 Å². The average molecular weight is 154 g/mol. The summed E-state index contributed by atoms with van der Waals surface area (Å²) in [6.45, 7) is 0.884. The molecule has 0 bridgehead atoms. The van der Waals surface area contributed by atoms with Crippen molar-refractivity contribution in [2.24, 2.45) is 5.73 Å². The van der Waals surface area contributed by atoms with Crippen molar-refractivity contribution in [2.75, 3.05) is 6.54 Å². The summed E-state index contributed by atoms with van der Waals surface area (Å²) in [4.78, 5) is 13.1. The van der Waals surface area contributed by atoms with Gasteiger partial charge in [-0.2, -0.15) is 0 Å². The number of nitrogens with zero attached hydrogens (tertiary/aromatic N) is 1. The highest BCUT2D eigenvalue weighted by Crippen LogP contribution is 2.33. The Balaban J connectivity index is 2.21. The Labute approximate surface area is 66.5 Å². The molecule has 0 aromatic rings. The van der Waals surface area contributed by atoms with Gasteiger partial charge in [-0.1, -0.05) is 0 Å². The van der Waals surface area contributed by atoms with Gasteiger partial charge >= 0.3 is 0 Å². The summed E-state index contributed by atoms with van der Waals surface area (Å²) in [5.74, 6) is 0.257. The summed E-state index contributed by atoms with van der Waals surface area (Å²) in [5, 5.41) is 0. The maximum atomic E-state index is 11.3. The third-order valence-corrected chi connectivity index (χ3v) is 2.85. The van der Waals surface area contributed by atoms with Crippen LogP contribution in [0.2, 0.25) is 0 Å². The van der Waals surface area contributed by atoms with Crippen molar-refractivity contribution in [1.29, 1.82) is 0 Å². The van der Waals surface area contributed by atoms with Gasteiger partial charge < -0.3 is 10.6 Å². The molecule has 0 spiro atoms. The van der Waals surface area contributed by atoms with Crippen molar-refractivity contribution in [3.05, 3.63) is 0 Å². The predicted molar refractivity (Wildman–Crippen MR) is 41.7 cm³/mol. The molecule has 2 aliphatic heterocycles. The van der Waals surface area contributed by atoms with Gasteiger partial charge in [0.2, 0.25) is 5.91 Å². The number of carbonyl (C=O) groups is 1. The van der Waals surface area contributed by atoms with Crippen LogP contribution in [0.5, 0.6) is 0 Å². The van der Waals surface area contributed by atoms with Crippen molar-refractivity contribution >= 4 is 5.91 Å². The van der Waals surface area contributed by atoms with E-state index in [-0.39, 0.29) is 11.6 Å². The average Bonchev–Trinajstić information content (AvgIpc) is 2.29. The highest BCUT2D eigenvalue weighted by Gasteiger charge is 2.43. The lowest BCUT2D eigenvalue weighted by atomic mass is 9.96. The minimum Gasteiger partial charge on any atom is -0.325 e. The Morgan fingerprint density at radius 2 is 2.18 bits per heavy atom. The number of rotatable bonds is 0. The summed E-state index contributed by atoms with van der Waals surface area (Å²) >= 11 is 0. The van der Waals surface area contributed by atoms with Crippen molar-refractivity contribution in [2.45, 2.75) is 37.8 Å². The zero-order chi connectivity index (χ0) is 7.90. The number of carbonyl (C=O) groups excluding carboxylic acids is 1. The first-order valence-electron chi connectivity index (χ1n) is 4.32. The summed E-state index contributed by atoms with van der Waals surface area (Å²) in [6, 6.07) is 0. The molecule has 0 aromatic carbocycles. The normalized spacial score (nSPS) is 37.5. The van der Waals surface area contributed by atoms with Crippen LogP contribution >= 0.6 is 0 Å². The van der Waals surface area contributed by atoms with Crippen LogP contribution in [0.25, 0.3) is 0 Å². The highest BCUT2D eigenvalue weighted by atomic mass is 16.2. The molecule has 0 aromatic heterocycles. The van der Waals surface area contributed by atoms with Gasteiger partial charge in [0, 0.05) is 13.0 Å². The smallest absolute Gasteiger partial charge is 0.224 e. The van der Waals surface area contributed by atoms with Crippen LogP contribution in [0.1, 0.15) is 32.1 Å². The Kier molecular flexibility index (Phi) is 1.42. The molecule has 1 atom stereocenters. The molecule has 3 nitrogen and oxygen atoms in total. The summed E-state index contributed by atoms with van der Waals surface area (Å²) in [5.41, 5.74) is 5.81. The van der Waals surface area contributed by atoms with Crippen molar-refractivity contribution < 1.29 is 4.79 Å². The number of hydrogen-bond acceptors (Lipinski definition) is 2. The van der Waals surface area contributed by atoms with E-state index in [4.69, 9.17) is 5.73 Å². The molecule has 1 amide bonds. The lowest BCUT2D eigenvalue weighted by molar-refractivity contribution is -0.132. The van der Waals surface area contributed by atoms with Crippen molar-refractivity contribution in [1.82, 2.24) is 4.90 Å². The van der Waals surface area contributed by atoms with Crippen LogP contribution < -0.4 is 5.73 Å². The fraction of sp³-hybridized carbons (Fsp3) is 0.875. The quantitative estimate of drug-likeness (QED) is 0.550. The zero-order valence-corrected chi connectivity index (χ0v) is 6.68. The third kappa shape index (κ3) is 0.948. The van der Waals surface area contributed by atoms with Gasteiger partial charge in [-0.3, -0.25) is 4.79 Å². The van der Waals surface area contributed by atoms with Crippen LogP contribution in [0.3, 0.4) is 0 Å². The first kappa shape index (κ1) is 7.10. The molecule has 0 saturated carbocycles. The van der Waals surface area contributed by atoms with E-state index < -0.39 is 0 Å². The Morgan fingerprint density at radius 1 is 1.36 bits per heavy atom. The largest absolute Gasteiger partial charge is 0.325 e. The molecular formula is C8H14N2O. The van der Waals surface area contributed by atoms with Gasteiger partial charge in [-0.15, -0.1) is 0 Å². The fourth-order valence-corrected chi connectivity index (χ4v) is 2.15. The van der Waals surface area contributed by atoms with Crippen LogP contribution in [0.15, 0.2) is 0 Å². The van der Waals surface area contributed by atoms with Gasteiger partial charge in [0.25, 0.3) is 0 Å². The lowest BCUT2D eigenvalue weighted by Gasteiger charge is -2.39. The number of piperidine rings is 1. The minimum absolute atomic E-state index is 0.255. The predicted octanol–water partition coefficient (Wildman–Crippen LogP) is 0.448. The molecule has 1 unspecified atom stereocenters. The fourth-order valence-electron chi connectivity index (χ4n) is 2.15. The molecule has 0 aliphatic carbocycles. The SMILES string of the molecule is NC12CCCCN1C(=O)CC2. The Bertz CT molecular complexity index is 193. The molecule has 2 N–H and O–H groups in total. The van der Waals surface area contributed by atoms with Gasteiger partial charge in [-0.25, -0.2) is 0 Å². The van der Waals surface area contributed by atoms with E-state index in [0.29, 0.717) is 6.42 Å². The van der Waals surface area contributed by atoms with Crippen molar-refractivity contribution in [3.63, 3.8) is 0 Å². The molecular weight excluding hydrogens is 140 g/mol. The van der Waals surface area contributed by atoms with E-state index in [1.54, 1.807) is 0 Å². The monoisotopic (exact) mass is 154 g/mol. The summed E-state index contributed by atoms with van der Waals surface area (Å²) in [6.07, 6.45) is 4.84. The van der Waals surface area contributed by atoms with E-state index in [1.165, 1.54) is 6.42 Å². The van der Waals surface area contributed by atoms with Gasteiger partial charge in [0.1, 0.15) is 0 Å². The number of fused-ring (bicyclic) bond motifs is 1. The third-order valence-electron chi connectivity index (χ3n) is 2.85. The molecule has 62 valence electrons. The maximum absolute atomic E-state index is 11.3. The number of nitrogens with two attached hydrogens (primary N) is 1. The molecule has 0 radical (unpaired) electrons. The van der Waals surface area contributed by atoms with Gasteiger partial charge in [-0.05, 0) is 25.7 Å². The number of hydrogen-bond donors (Lipinski definition) is 1. The molecule has 2 fully saturated rings. The Morgan fingerprint density at radius 3 is 2.91 bits per heavy atom. The zero-order valence-electron chi connectivity index (χ0n) is 6.68. The van der Waals surface area contributed by atoms with Gasteiger partial charge in [0.05, 0.1) is 5.66 Å². The topological polar surface area (TPSA) is 46.3 Å². The number of amides is 1. The molecule has 11 heavy (non-hydrogen) atoms. The Hall–Kier alpha value is -0.570. The second-order valence-corrected chi connectivity index (χ2v) is 3.61. The standard InChI is InChI=1S/C8H14N2O/c9-8-4-1-2-6-10(8)7(11)3-5-8/h1-6,9H2. The maximum Gasteiger partial charge on any atom is 0.224 e. The van der Waals surface area contributed by atoms with Crippen molar-refractivity contribution in [3.8, 4) is 0 Å². The first-order chi connectivity index (χ1) is 5.22. The second-order valence-electron chi connectivity index (χ2n) is 3.61. The second kappa shape index (κ2) is 2.21. The van der Waals surface area contributed by atoms with E-state index in [9.17, 15) is 4.79 Å². The van der Waals surface area contributed by atoms with Crippen LogP contribution in [-0.4, -0.2) is 23.0 Å². The minimum atomic E-state index is -0.255. The molecule has 2 aliphatic rings. The van der Waals surface area contributed by atoms with Crippen LogP contribution in [0, 0.1) is 0 Å². The molecule has 2 rings (SSSR count). The summed E-state index contributed by atoms with van der Waals surface area (Å²) in [7, 11) is 0. The molecule has 2 saturated heterocycles. The van der Waals surface area contributed by atoms with E-state index in [1.807, 2.05) is 4.90 Å². The van der Waals surface area contributed by atoms with Crippen LogP contribution in [-0.2, 0) is 4.79 Å². The lowest BCUT2D eigenvalue weighted by Crippen LogP contribution is -2.55. The first-order valence-corrected chi connectivity index (χ1v) is 4.32. The molecule has 3 heteroatoms. The van der Waals surface area contributed by atoms with E-state index in [2.05, 4.69) is 0 Å². The highest BCUT2D eigenvalue weighted by molar-refractivity contribution is 5.79. The van der Waals surface area contributed by atoms with Gasteiger partial charge in [0.15, 0.2) is 0 Å². The summed E-state index contributed by atoms with van der Waals surface area (Å²) < 4.78 is 0. The van der Waals surface area contributed by atoms with E-state index in [0.717, 1.165) is 25.8 Å².